The molecule has 1 amide bonds. The predicted molar refractivity (Wildman–Crippen MR) is 86.2 cm³/mol. The highest BCUT2D eigenvalue weighted by Crippen LogP contribution is 2.48. The van der Waals surface area contributed by atoms with Gasteiger partial charge in [0.2, 0.25) is 0 Å². The number of rotatable bonds is 2. The number of thiophene rings is 1. The van der Waals surface area contributed by atoms with Crippen LogP contribution >= 0.6 is 11.3 Å². The number of fused-ring (bicyclic) bond motifs is 1. The van der Waals surface area contributed by atoms with Crippen molar-refractivity contribution in [2.24, 2.45) is 5.41 Å². The van der Waals surface area contributed by atoms with E-state index in [1.54, 1.807) is 12.1 Å². The van der Waals surface area contributed by atoms with Gasteiger partial charge in [0, 0.05) is 4.88 Å². The molecule has 4 nitrogen and oxygen atoms in total. The molecular weight excluding hydrogens is 296 g/mol. The Kier molecular flexibility index (Phi) is 3.57. The standard InChI is InChI=1S/C17H18N2O2S/c1-10-7-17(2,3)8-11-12(9-18)16(22-14(10)11)19-15(20)13-5-4-6-21-13/h4-6,10H,7-8H2,1-3H3,(H,19,20). The molecule has 1 N–H and O–H groups in total. The van der Waals surface area contributed by atoms with Crippen molar-refractivity contribution in [3.8, 4) is 6.07 Å². The molecule has 0 spiro atoms. The van der Waals surface area contributed by atoms with Crippen LogP contribution in [0.5, 0.6) is 0 Å². The van der Waals surface area contributed by atoms with Gasteiger partial charge < -0.3 is 9.73 Å². The molecule has 0 radical (unpaired) electrons. The molecule has 0 aromatic carbocycles. The first-order valence-electron chi connectivity index (χ1n) is 7.32. The minimum absolute atomic E-state index is 0.182. The van der Waals surface area contributed by atoms with Crippen molar-refractivity contribution in [2.75, 3.05) is 5.32 Å². The molecule has 2 aromatic heterocycles. The van der Waals surface area contributed by atoms with Crippen molar-refractivity contribution in [3.63, 3.8) is 0 Å². The molecule has 22 heavy (non-hydrogen) atoms. The van der Waals surface area contributed by atoms with E-state index in [-0.39, 0.29) is 17.1 Å². The number of anilines is 1. The van der Waals surface area contributed by atoms with Crippen LogP contribution < -0.4 is 5.32 Å². The molecular formula is C17H18N2O2S. The zero-order valence-corrected chi connectivity index (χ0v) is 13.7. The van der Waals surface area contributed by atoms with Crippen LogP contribution in [-0.4, -0.2) is 5.91 Å². The van der Waals surface area contributed by atoms with Gasteiger partial charge in [-0.05, 0) is 41.9 Å². The first kappa shape index (κ1) is 14.9. The Morgan fingerprint density at radius 1 is 1.55 bits per heavy atom. The summed E-state index contributed by atoms with van der Waals surface area (Å²) in [6, 6.07) is 5.56. The topological polar surface area (TPSA) is 66.0 Å². The predicted octanol–water partition coefficient (Wildman–Crippen LogP) is 4.54. The maximum Gasteiger partial charge on any atom is 0.291 e. The zero-order chi connectivity index (χ0) is 15.9. The molecule has 114 valence electrons. The average Bonchev–Trinajstić information content (AvgIpc) is 3.05. The van der Waals surface area contributed by atoms with Gasteiger partial charge in [0.25, 0.3) is 5.91 Å². The number of carbonyl (C=O) groups excluding carboxylic acids is 1. The van der Waals surface area contributed by atoms with Crippen molar-refractivity contribution in [1.29, 1.82) is 5.26 Å². The minimum Gasteiger partial charge on any atom is -0.459 e. The van der Waals surface area contributed by atoms with Gasteiger partial charge in [0.05, 0.1) is 11.8 Å². The third-order valence-electron chi connectivity index (χ3n) is 4.08. The summed E-state index contributed by atoms with van der Waals surface area (Å²) in [5.41, 5.74) is 1.90. The first-order chi connectivity index (χ1) is 10.4. The fraction of sp³-hybridized carbons (Fsp3) is 0.412. The number of nitrogens with zero attached hydrogens (tertiary/aromatic N) is 1. The van der Waals surface area contributed by atoms with E-state index >= 15 is 0 Å². The van der Waals surface area contributed by atoms with Gasteiger partial charge in [-0.1, -0.05) is 20.8 Å². The highest BCUT2D eigenvalue weighted by Gasteiger charge is 2.34. The van der Waals surface area contributed by atoms with E-state index in [0.29, 0.717) is 16.5 Å². The summed E-state index contributed by atoms with van der Waals surface area (Å²) in [4.78, 5) is 13.4. The molecule has 0 aliphatic heterocycles. The van der Waals surface area contributed by atoms with Crippen LogP contribution in [-0.2, 0) is 6.42 Å². The molecule has 2 aromatic rings. The molecule has 1 aliphatic rings. The van der Waals surface area contributed by atoms with Gasteiger partial charge in [0.1, 0.15) is 11.1 Å². The van der Waals surface area contributed by atoms with Gasteiger partial charge >= 0.3 is 0 Å². The second-order valence-electron chi connectivity index (χ2n) is 6.64. The molecule has 1 aliphatic carbocycles. The van der Waals surface area contributed by atoms with Gasteiger partial charge in [-0.25, -0.2) is 0 Å². The lowest BCUT2D eigenvalue weighted by atomic mass is 9.72. The fourth-order valence-corrected chi connectivity index (χ4v) is 4.52. The smallest absolute Gasteiger partial charge is 0.291 e. The Labute approximate surface area is 133 Å². The third-order valence-corrected chi connectivity index (χ3v) is 5.46. The Morgan fingerprint density at radius 3 is 2.95 bits per heavy atom. The summed E-state index contributed by atoms with van der Waals surface area (Å²) in [5.74, 6) is 0.348. The fourth-order valence-electron chi connectivity index (χ4n) is 3.31. The normalized spacial score (nSPS) is 19.3. The van der Waals surface area contributed by atoms with Gasteiger partial charge in [-0.3, -0.25) is 4.79 Å². The van der Waals surface area contributed by atoms with E-state index in [4.69, 9.17) is 4.42 Å². The van der Waals surface area contributed by atoms with Crippen LogP contribution in [0.15, 0.2) is 22.8 Å². The Bertz CT molecular complexity index is 750. The average molecular weight is 314 g/mol. The molecule has 2 heterocycles. The third kappa shape index (κ3) is 2.55. The number of hydrogen-bond donors (Lipinski definition) is 1. The van der Waals surface area contributed by atoms with Crippen LogP contribution in [0.1, 0.15) is 59.7 Å². The lowest BCUT2D eigenvalue weighted by Gasteiger charge is -2.33. The lowest BCUT2D eigenvalue weighted by molar-refractivity contribution is 0.0997. The molecule has 0 fully saturated rings. The van der Waals surface area contributed by atoms with Gasteiger partial charge in [-0.2, -0.15) is 5.26 Å². The van der Waals surface area contributed by atoms with E-state index in [0.717, 1.165) is 18.4 Å². The van der Waals surface area contributed by atoms with Crippen LogP contribution in [0, 0.1) is 16.7 Å². The Balaban J connectivity index is 1.97. The number of amides is 1. The van der Waals surface area contributed by atoms with E-state index < -0.39 is 0 Å². The van der Waals surface area contributed by atoms with Crippen molar-refractivity contribution in [1.82, 2.24) is 0 Å². The van der Waals surface area contributed by atoms with E-state index in [2.05, 4.69) is 32.2 Å². The molecule has 3 rings (SSSR count). The molecule has 1 atom stereocenters. The van der Waals surface area contributed by atoms with Gasteiger partial charge in [-0.15, -0.1) is 11.3 Å². The highest BCUT2D eigenvalue weighted by molar-refractivity contribution is 7.16. The molecule has 1 unspecified atom stereocenters. The number of carbonyl (C=O) groups is 1. The number of hydrogen-bond acceptors (Lipinski definition) is 4. The maximum atomic E-state index is 12.2. The van der Waals surface area contributed by atoms with Crippen LogP contribution in [0.2, 0.25) is 0 Å². The molecule has 0 bridgehead atoms. The summed E-state index contributed by atoms with van der Waals surface area (Å²) in [7, 11) is 0. The SMILES string of the molecule is CC1CC(C)(C)Cc2c1sc(NC(=O)c1ccco1)c2C#N. The first-order valence-corrected chi connectivity index (χ1v) is 8.13. The van der Waals surface area contributed by atoms with E-state index in [1.165, 1.54) is 22.5 Å². The summed E-state index contributed by atoms with van der Waals surface area (Å²) >= 11 is 1.52. The largest absolute Gasteiger partial charge is 0.459 e. The molecule has 0 saturated heterocycles. The summed E-state index contributed by atoms with van der Waals surface area (Å²) < 4.78 is 5.11. The van der Waals surface area contributed by atoms with Crippen LogP contribution in [0.25, 0.3) is 0 Å². The maximum absolute atomic E-state index is 12.2. The van der Waals surface area contributed by atoms with E-state index in [1.807, 2.05) is 0 Å². The summed E-state index contributed by atoms with van der Waals surface area (Å²) in [5, 5.41) is 13.0. The number of nitriles is 1. The van der Waals surface area contributed by atoms with Crippen molar-refractivity contribution in [3.05, 3.63) is 40.2 Å². The monoisotopic (exact) mass is 314 g/mol. The van der Waals surface area contributed by atoms with Gasteiger partial charge in [0.15, 0.2) is 5.76 Å². The van der Waals surface area contributed by atoms with Crippen LogP contribution in [0.4, 0.5) is 5.00 Å². The van der Waals surface area contributed by atoms with Crippen molar-refractivity contribution >= 4 is 22.2 Å². The van der Waals surface area contributed by atoms with E-state index in [9.17, 15) is 10.1 Å². The number of furan rings is 1. The Hall–Kier alpha value is -2.06. The van der Waals surface area contributed by atoms with Crippen LogP contribution in [0.3, 0.4) is 0 Å². The van der Waals surface area contributed by atoms with Crippen molar-refractivity contribution in [2.45, 2.75) is 39.5 Å². The Morgan fingerprint density at radius 2 is 2.32 bits per heavy atom. The summed E-state index contributed by atoms with van der Waals surface area (Å²) in [6.07, 6.45) is 3.43. The summed E-state index contributed by atoms with van der Waals surface area (Å²) in [6.45, 7) is 6.65. The number of nitrogens with one attached hydrogen (secondary N) is 1. The lowest BCUT2D eigenvalue weighted by Crippen LogP contribution is -2.23. The van der Waals surface area contributed by atoms with Crippen molar-refractivity contribution < 1.29 is 9.21 Å². The molecule has 5 heteroatoms. The molecule has 0 saturated carbocycles. The second kappa shape index (κ2) is 5.29. The quantitative estimate of drug-likeness (QED) is 0.885. The second-order valence-corrected chi connectivity index (χ2v) is 7.69. The zero-order valence-electron chi connectivity index (χ0n) is 12.9. The minimum atomic E-state index is -0.313. The highest BCUT2D eigenvalue weighted by atomic mass is 32.1.